The number of carbonyl (C=O) groups excluding carboxylic acids is 1. The average molecular weight is 337 g/mol. The predicted octanol–water partition coefficient (Wildman–Crippen LogP) is 3.42. The molecular formula is C19H19N3O3. The molecule has 0 radical (unpaired) electrons. The van der Waals surface area contributed by atoms with Crippen LogP contribution in [0.5, 0.6) is 0 Å². The summed E-state index contributed by atoms with van der Waals surface area (Å²) in [7, 11) is 0. The number of imidazole rings is 1. The minimum Gasteiger partial charge on any atom is -0.481 e. The van der Waals surface area contributed by atoms with E-state index in [9.17, 15) is 9.59 Å². The molecule has 3 rings (SSSR count). The summed E-state index contributed by atoms with van der Waals surface area (Å²) in [6, 6.07) is 11.8. The van der Waals surface area contributed by atoms with Crippen molar-refractivity contribution in [1.82, 2.24) is 9.38 Å². The Morgan fingerprint density at radius 3 is 2.48 bits per heavy atom. The van der Waals surface area contributed by atoms with Crippen molar-refractivity contribution in [3.05, 3.63) is 53.9 Å². The molecule has 0 aliphatic heterocycles. The highest BCUT2D eigenvalue weighted by atomic mass is 16.4. The van der Waals surface area contributed by atoms with Crippen molar-refractivity contribution in [1.29, 1.82) is 0 Å². The molecule has 2 aromatic heterocycles. The number of aryl methyl sites for hydroxylation is 2. The number of carboxylic acids is 1. The first-order valence-corrected chi connectivity index (χ1v) is 8.01. The zero-order valence-electron chi connectivity index (χ0n) is 14.1. The van der Waals surface area contributed by atoms with Gasteiger partial charge in [-0.1, -0.05) is 29.8 Å². The van der Waals surface area contributed by atoms with Crippen molar-refractivity contribution in [3.63, 3.8) is 0 Å². The number of nitrogens with zero attached hydrogens (tertiary/aromatic N) is 2. The van der Waals surface area contributed by atoms with E-state index in [0.29, 0.717) is 5.69 Å². The highest BCUT2D eigenvalue weighted by molar-refractivity contribution is 5.92. The fourth-order valence-electron chi connectivity index (χ4n) is 2.66. The molecule has 1 amide bonds. The Balaban J connectivity index is 1.88. The number of benzene rings is 1. The van der Waals surface area contributed by atoms with Gasteiger partial charge in [0.2, 0.25) is 5.91 Å². The Morgan fingerprint density at radius 2 is 1.80 bits per heavy atom. The Morgan fingerprint density at radius 1 is 1.08 bits per heavy atom. The molecule has 0 atom stereocenters. The summed E-state index contributed by atoms with van der Waals surface area (Å²) < 4.78 is 1.92. The zero-order chi connectivity index (χ0) is 18.0. The Labute approximate surface area is 145 Å². The van der Waals surface area contributed by atoms with Crippen molar-refractivity contribution in [2.45, 2.75) is 26.7 Å². The van der Waals surface area contributed by atoms with Gasteiger partial charge in [-0.2, -0.15) is 0 Å². The third-order valence-corrected chi connectivity index (χ3v) is 4.03. The molecule has 6 heteroatoms. The van der Waals surface area contributed by atoms with Crippen LogP contribution in [0, 0.1) is 13.8 Å². The number of hydrogen-bond donors (Lipinski definition) is 2. The van der Waals surface area contributed by atoms with Crippen molar-refractivity contribution >= 4 is 23.2 Å². The maximum Gasteiger partial charge on any atom is 0.303 e. The molecule has 6 nitrogen and oxygen atoms in total. The van der Waals surface area contributed by atoms with Crippen LogP contribution in [0.1, 0.15) is 24.1 Å². The second-order valence-corrected chi connectivity index (χ2v) is 6.00. The number of nitrogens with one attached hydrogen (secondary N) is 1. The maximum absolute atomic E-state index is 11.8. The molecule has 2 heterocycles. The summed E-state index contributed by atoms with van der Waals surface area (Å²) in [5.74, 6) is -1.31. The van der Waals surface area contributed by atoms with Crippen molar-refractivity contribution in [3.8, 4) is 11.3 Å². The molecule has 0 fully saturated rings. The van der Waals surface area contributed by atoms with Gasteiger partial charge in [-0.25, -0.2) is 4.98 Å². The van der Waals surface area contributed by atoms with Crippen LogP contribution in [0.4, 0.5) is 5.69 Å². The first-order valence-electron chi connectivity index (χ1n) is 8.01. The van der Waals surface area contributed by atoms with Gasteiger partial charge in [0.1, 0.15) is 5.65 Å². The van der Waals surface area contributed by atoms with Gasteiger partial charge in [-0.15, -0.1) is 0 Å². The first-order chi connectivity index (χ1) is 11.9. The molecule has 128 valence electrons. The van der Waals surface area contributed by atoms with E-state index in [1.54, 1.807) is 12.3 Å². The van der Waals surface area contributed by atoms with E-state index in [1.165, 1.54) is 5.56 Å². The summed E-state index contributed by atoms with van der Waals surface area (Å²) in [4.78, 5) is 27.0. The van der Waals surface area contributed by atoms with E-state index in [2.05, 4.69) is 10.3 Å². The Hall–Kier alpha value is -3.15. The van der Waals surface area contributed by atoms with Crippen molar-refractivity contribution < 1.29 is 14.7 Å². The number of aromatic nitrogens is 2. The molecule has 0 aliphatic rings. The third kappa shape index (κ3) is 3.68. The van der Waals surface area contributed by atoms with Crippen LogP contribution in [0.15, 0.2) is 42.6 Å². The smallest absolute Gasteiger partial charge is 0.303 e. The molecule has 2 N–H and O–H groups in total. The van der Waals surface area contributed by atoms with E-state index in [0.717, 1.165) is 22.6 Å². The molecule has 0 saturated heterocycles. The van der Waals surface area contributed by atoms with Crippen molar-refractivity contribution in [2.24, 2.45) is 0 Å². The highest BCUT2D eigenvalue weighted by Crippen LogP contribution is 2.25. The Bertz CT molecular complexity index is 942. The molecule has 0 aliphatic carbocycles. The van der Waals surface area contributed by atoms with Gasteiger partial charge in [-0.05, 0) is 26.0 Å². The standard InChI is InChI=1S/C19H19N3O3/c1-12-3-5-14(6-4-12)19-13(2)22-11-15(7-8-16(22)21-19)20-17(23)9-10-18(24)25/h3-8,11H,9-10H2,1-2H3,(H,20,23)(H,24,25). The zero-order valence-corrected chi connectivity index (χ0v) is 14.1. The van der Waals surface area contributed by atoms with Gasteiger partial charge in [0.15, 0.2) is 0 Å². The lowest BCUT2D eigenvalue weighted by atomic mass is 10.1. The summed E-state index contributed by atoms with van der Waals surface area (Å²) in [5.41, 5.74) is 5.50. The second-order valence-electron chi connectivity index (χ2n) is 6.00. The summed E-state index contributed by atoms with van der Waals surface area (Å²) in [6.45, 7) is 4.02. The van der Waals surface area contributed by atoms with Gasteiger partial charge >= 0.3 is 5.97 Å². The number of amides is 1. The van der Waals surface area contributed by atoms with Crippen LogP contribution in [0.25, 0.3) is 16.9 Å². The number of pyridine rings is 1. The molecule has 0 unspecified atom stereocenters. The van der Waals surface area contributed by atoms with E-state index in [1.807, 2.05) is 48.6 Å². The van der Waals surface area contributed by atoms with Crippen LogP contribution in [-0.4, -0.2) is 26.4 Å². The number of hydrogen-bond acceptors (Lipinski definition) is 3. The number of rotatable bonds is 5. The monoisotopic (exact) mass is 337 g/mol. The molecular weight excluding hydrogens is 318 g/mol. The molecule has 0 bridgehead atoms. The van der Waals surface area contributed by atoms with Crippen LogP contribution in [0.3, 0.4) is 0 Å². The lowest BCUT2D eigenvalue weighted by Gasteiger charge is -2.06. The average Bonchev–Trinajstić information content (AvgIpc) is 2.90. The topological polar surface area (TPSA) is 83.7 Å². The fraction of sp³-hybridized carbons (Fsp3) is 0.211. The Kier molecular flexibility index (Phi) is 4.52. The van der Waals surface area contributed by atoms with Crippen molar-refractivity contribution in [2.75, 3.05) is 5.32 Å². The normalized spacial score (nSPS) is 10.8. The number of anilines is 1. The van der Waals surface area contributed by atoms with Gasteiger partial charge in [-0.3, -0.25) is 9.59 Å². The molecule has 3 aromatic rings. The van der Waals surface area contributed by atoms with Crippen LogP contribution >= 0.6 is 0 Å². The largest absolute Gasteiger partial charge is 0.481 e. The number of carboxylic acid groups (broad SMARTS) is 1. The van der Waals surface area contributed by atoms with Gasteiger partial charge < -0.3 is 14.8 Å². The van der Waals surface area contributed by atoms with E-state index in [4.69, 9.17) is 5.11 Å². The number of fused-ring (bicyclic) bond motifs is 1. The fourth-order valence-corrected chi connectivity index (χ4v) is 2.66. The molecule has 0 saturated carbocycles. The second kappa shape index (κ2) is 6.76. The highest BCUT2D eigenvalue weighted by Gasteiger charge is 2.12. The lowest BCUT2D eigenvalue weighted by Crippen LogP contribution is -2.13. The van der Waals surface area contributed by atoms with Gasteiger partial charge in [0.25, 0.3) is 0 Å². The number of carbonyl (C=O) groups is 2. The van der Waals surface area contributed by atoms with Crippen LogP contribution in [0.2, 0.25) is 0 Å². The summed E-state index contributed by atoms with van der Waals surface area (Å²) >= 11 is 0. The third-order valence-electron chi connectivity index (χ3n) is 4.03. The molecule has 0 spiro atoms. The minimum atomic E-state index is -0.987. The first kappa shape index (κ1) is 16.7. The number of aliphatic carboxylic acids is 1. The maximum atomic E-state index is 11.8. The SMILES string of the molecule is Cc1ccc(-c2nc3ccc(NC(=O)CCC(=O)O)cn3c2C)cc1. The summed E-state index contributed by atoms with van der Waals surface area (Å²) in [6.07, 6.45) is 1.56. The van der Waals surface area contributed by atoms with E-state index in [-0.39, 0.29) is 18.7 Å². The summed E-state index contributed by atoms with van der Waals surface area (Å²) in [5, 5.41) is 11.4. The van der Waals surface area contributed by atoms with Gasteiger partial charge in [0.05, 0.1) is 17.8 Å². The van der Waals surface area contributed by atoms with Crippen LogP contribution in [-0.2, 0) is 9.59 Å². The van der Waals surface area contributed by atoms with E-state index >= 15 is 0 Å². The van der Waals surface area contributed by atoms with E-state index < -0.39 is 5.97 Å². The quantitative estimate of drug-likeness (QED) is 0.747. The van der Waals surface area contributed by atoms with Crippen LogP contribution < -0.4 is 5.32 Å². The minimum absolute atomic E-state index is 0.0507. The predicted molar refractivity (Wildman–Crippen MR) is 95.6 cm³/mol. The lowest BCUT2D eigenvalue weighted by molar-refractivity contribution is -0.138. The molecule has 25 heavy (non-hydrogen) atoms. The molecule has 1 aromatic carbocycles. The van der Waals surface area contributed by atoms with Gasteiger partial charge in [0, 0.05) is 23.9 Å².